The summed E-state index contributed by atoms with van der Waals surface area (Å²) in [4.78, 5) is 0. The van der Waals surface area contributed by atoms with Crippen LogP contribution >= 0.6 is 0 Å². The number of hydrogen-bond acceptors (Lipinski definition) is 13. The molecule has 0 radical (unpaired) electrons. The lowest BCUT2D eigenvalue weighted by Crippen LogP contribution is -2.60. The Kier molecular flexibility index (Phi) is 16.5. The lowest BCUT2D eigenvalue weighted by molar-refractivity contribution is -0.319. The summed E-state index contributed by atoms with van der Waals surface area (Å²) >= 11 is 0. The van der Waals surface area contributed by atoms with Crippen molar-refractivity contribution in [3.63, 3.8) is 0 Å². The molecule has 2 rings (SSSR count). The minimum Gasteiger partial charge on any atom is -0.394 e. The molecule has 0 aliphatic carbocycles. The quantitative estimate of drug-likeness (QED) is 0.0930. The van der Waals surface area contributed by atoms with E-state index in [2.05, 4.69) is 12.7 Å². The van der Waals surface area contributed by atoms with Crippen LogP contribution < -0.4 is 0 Å². The molecule has 0 bridgehead atoms. The molecule has 2 aliphatic rings. The second-order valence-corrected chi connectivity index (χ2v) is 12.2. The van der Waals surface area contributed by atoms with Gasteiger partial charge in [0.25, 0.3) is 0 Å². The Morgan fingerprint density at radius 3 is 1.89 bits per heavy atom. The highest BCUT2D eigenvalue weighted by Gasteiger charge is 2.46. The largest absolute Gasteiger partial charge is 0.394 e. The fourth-order valence-electron chi connectivity index (χ4n) is 4.99. The van der Waals surface area contributed by atoms with E-state index in [0.717, 1.165) is 23.1 Å². The molecule has 0 saturated carbocycles. The average molecular weight is 647 g/mol. The van der Waals surface area contributed by atoms with Crippen LogP contribution in [0, 0.1) is 0 Å². The zero-order chi connectivity index (χ0) is 33.9. The summed E-state index contributed by atoms with van der Waals surface area (Å²) in [5.41, 5.74) is 1.80. The predicted molar refractivity (Wildman–Crippen MR) is 164 cm³/mol. The highest BCUT2D eigenvalue weighted by Crippen LogP contribution is 2.29. The number of aliphatic hydroxyl groups excluding tert-OH is 9. The van der Waals surface area contributed by atoms with Crippen molar-refractivity contribution >= 4 is 0 Å². The van der Waals surface area contributed by atoms with Gasteiger partial charge in [-0.1, -0.05) is 35.5 Å². The zero-order valence-electron chi connectivity index (χ0n) is 26.7. The molecule has 13 heteroatoms. The second kappa shape index (κ2) is 18.7. The van der Waals surface area contributed by atoms with Gasteiger partial charge in [-0.2, -0.15) is 0 Å². The first kappa shape index (κ1) is 39.6. The van der Waals surface area contributed by atoms with Crippen LogP contribution in [-0.4, -0.2) is 139 Å². The standard InChI is InChI=1S/C32H54O13/c1-6-32(5,45-31-29(41)27(39)25(37)23(16-34)44-31)14-8-10-18(2)9-7-11-20(4)21(35)13-12-19(3)17-42-30-28(40)26(38)24(36)22(15-33)43-30/h6,10-12,21-31,33-41H,1,7-9,13-17H2,2-5H3/b18-10+,19-12-,20-11+. The first-order valence-electron chi connectivity index (χ1n) is 15.4. The molecule has 0 aromatic rings. The van der Waals surface area contributed by atoms with E-state index in [4.69, 9.17) is 18.9 Å². The minimum atomic E-state index is -1.52. The summed E-state index contributed by atoms with van der Waals surface area (Å²) in [6.45, 7) is 10.2. The fourth-order valence-corrected chi connectivity index (χ4v) is 4.99. The number of allylic oxidation sites excluding steroid dienone is 3. The first-order valence-corrected chi connectivity index (χ1v) is 15.4. The zero-order valence-corrected chi connectivity index (χ0v) is 26.7. The molecule has 9 N–H and O–H groups in total. The molecule has 2 heterocycles. The van der Waals surface area contributed by atoms with Gasteiger partial charge in [0.2, 0.25) is 0 Å². The van der Waals surface area contributed by atoms with Gasteiger partial charge in [0, 0.05) is 0 Å². The van der Waals surface area contributed by atoms with Gasteiger partial charge in [-0.25, -0.2) is 0 Å². The van der Waals surface area contributed by atoms with Crippen LogP contribution in [0.1, 0.15) is 59.8 Å². The van der Waals surface area contributed by atoms with Gasteiger partial charge >= 0.3 is 0 Å². The van der Waals surface area contributed by atoms with Crippen LogP contribution in [0.3, 0.4) is 0 Å². The van der Waals surface area contributed by atoms with Crippen molar-refractivity contribution in [2.45, 2.75) is 133 Å². The highest BCUT2D eigenvalue weighted by atomic mass is 16.7. The van der Waals surface area contributed by atoms with Crippen molar-refractivity contribution in [2.24, 2.45) is 0 Å². The molecule has 12 unspecified atom stereocenters. The van der Waals surface area contributed by atoms with E-state index in [9.17, 15) is 46.0 Å². The normalized spacial score (nSPS) is 35.6. The predicted octanol–water partition coefficient (Wildman–Crippen LogP) is -0.286. The molecule has 0 amide bonds. The third-order valence-electron chi connectivity index (χ3n) is 8.34. The number of aliphatic hydroxyl groups is 9. The summed E-state index contributed by atoms with van der Waals surface area (Å²) in [6.07, 6.45) is -3.78. The summed E-state index contributed by atoms with van der Waals surface area (Å²) in [6, 6.07) is 0. The van der Waals surface area contributed by atoms with Crippen molar-refractivity contribution in [3.8, 4) is 0 Å². The third kappa shape index (κ3) is 11.6. The second-order valence-electron chi connectivity index (χ2n) is 12.2. The molecule has 2 fully saturated rings. The first-order chi connectivity index (χ1) is 21.2. The Bertz CT molecular complexity index is 996. The van der Waals surface area contributed by atoms with Gasteiger partial charge in [0.1, 0.15) is 48.8 Å². The Hall–Kier alpha value is -1.56. The molecular formula is C32H54O13. The molecule has 13 nitrogen and oxygen atoms in total. The van der Waals surface area contributed by atoms with E-state index in [1.54, 1.807) is 26.0 Å². The summed E-state index contributed by atoms with van der Waals surface area (Å²) < 4.78 is 22.2. The van der Waals surface area contributed by atoms with Gasteiger partial charge in [-0.05, 0) is 65.4 Å². The fraction of sp³-hybridized carbons (Fsp3) is 0.750. The SMILES string of the molecule is C=CC(C)(CC/C=C(\C)CC/C=C(\C)C(O)C/C=C(/C)COC1OC(CO)C(O)C(O)C1O)OC1OC(CO)C(O)C(O)C1O. The summed E-state index contributed by atoms with van der Waals surface area (Å²) in [7, 11) is 0. The number of hydrogen-bond donors (Lipinski definition) is 9. The van der Waals surface area contributed by atoms with Gasteiger partial charge in [0.15, 0.2) is 12.6 Å². The van der Waals surface area contributed by atoms with Gasteiger partial charge in [0.05, 0.1) is 31.5 Å². The average Bonchev–Trinajstić information content (AvgIpc) is 3.02. The van der Waals surface area contributed by atoms with E-state index < -0.39 is 86.3 Å². The minimum absolute atomic E-state index is 0.0562. The smallest absolute Gasteiger partial charge is 0.187 e. The Morgan fingerprint density at radius 1 is 0.778 bits per heavy atom. The van der Waals surface area contributed by atoms with Crippen molar-refractivity contribution in [1.82, 2.24) is 0 Å². The van der Waals surface area contributed by atoms with Crippen molar-refractivity contribution in [2.75, 3.05) is 19.8 Å². The summed E-state index contributed by atoms with van der Waals surface area (Å²) in [5, 5.41) is 89.4. The number of rotatable bonds is 17. The topological polar surface area (TPSA) is 219 Å². The maximum atomic E-state index is 10.6. The van der Waals surface area contributed by atoms with Crippen LogP contribution in [-0.2, 0) is 18.9 Å². The molecule has 2 saturated heterocycles. The van der Waals surface area contributed by atoms with Crippen LogP contribution in [0.2, 0.25) is 0 Å². The van der Waals surface area contributed by atoms with Crippen molar-refractivity contribution in [3.05, 3.63) is 47.6 Å². The highest BCUT2D eigenvalue weighted by molar-refractivity contribution is 5.11. The van der Waals surface area contributed by atoms with E-state index in [0.29, 0.717) is 25.7 Å². The van der Waals surface area contributed by atoms with Crippen LogP contribution in [0.4, 0.5) is 0 Å². The monoisotopic (exact) mass is 646 g/mol. The Balaban J connectivity index is 1.78. The van der Waals surface area contributed by atoms with Gasteiger partial charge in [-0.15, -0.1) is 6.58 Å². The van der Waals surface area contributed by atoms with E-state index in [1.165, 1.54) is 0 Å². The van der Waals surface area contributed by atoms with E-state index in [-0.39, 0.29) is 6.61 Å². The van der Waals surface area contributed by atoms with E-state index >= 15 is 0 Å². The van der Waals surface area contributed by atoms with Gasteiger partial charge in [-0.3, -0.25) is 0 Å². The molecule has 12 atom stereocenters. The lowest BCUT2D eigenvalue weighted by Gasteiger charge is -2.42. The van der Waals surface area contributed by atoms with Crippen molar-refractivity contribution in [1.29, 1.82) is 0 Å². The van der Waals surface area contributed by atoms with Gasteiger partial charge < -0.3 is 64.9 Å². The maximum absolute atomic E-state index is 10.6. The number of ether oxygens (including phenoxy) is 4. The summed E-state index contributed by atoms with van der Waals surface area (Å²) in [5.74, 6) is 0. The van der Waals surface area contributed by atoms with E-state index in [1.807, 2.05) is 19.9 Å². The molecule has 45 heavy (non-hydrogen) atoms. The third-order valence-corrected chi connectivity index (χ3v) is 8.34. The van der Waals surface area contributed by atoms with Crippen LogP contribution in [0.15, 0.2) is 47.6 Å². The molecule has 0 aromatic heterocycles. The lowest BCUT2D eigenvalue weighted by atomic mass is 9.96. The Morgan fingerprint density at radius 2 is 1.33 bits per heavy atom. The Labute approximate surface area is 265 Å². The van der Waals surface area contributed by atoms with Crippen LogP contribution in [0.5, 0.6) is 0 Å². The molecule has 0 spiro atoms. The maximum Gasteiger partial charge on any atom is 0.187 e. The molecular weight excluding hydrogens is 592 g/mol. The van der Waals surface area contributed by atoms with Crippen LogP contribution in [0.25, 0.3) is 0 Å². The molecule has 0 aromatic carbocycles. The molecule has 260 valence electrons. The van der Waals surface area contributed by atoms with Crippen molar-refractivity contribution < 1.29 is 64.9 Å². The molecule has 2 aliphatic heterocycles.